The summed E-state index contributed by atoms with van der Waals surface area (Å²) in [6.45, 7) is 0.625. The van der Waals surface area contributed by atoms with Crippen LogP contribution in [0.15, 0.2) is 18.2 Å². The molecule has 1 saturated carbocycles. The Labute approximate surface area is 121 Å². The summed E-state index contributed by atoms with van der Waals surface area (Å²) in [5, 5.41) is 32.2. The van der Waals surface area contributed by atoms with Crippen LogP contribution in [0.5, 0.6) is 0 Å². The summed E-state index contributed by atoms with van der Waals surface area (Å²) in [5.41, 5.74) is 0.118. The van der Waals surface area contributed by atoms with Crippen molar-refractivity contribution in [3.05, 3.63) is 33.9 Å². The molecule has 1 aliphatic carbocycles. The van der Waals surface area contributed by atoms with Crippen LogP contribution in [0.2, 0.25) is 0 Å². The molecule has 0 spiro atoms. The maximum Gasteiger partial charge on any atom is 0.337 e. The number of carbonyl (C=O) groups is 1. The first-order valence-electron chi connectivity index (χ1n) is 6.89. The van der Waals surface area contributed by atoms with Gasteiger partial charge in [-0.1, -0.05) is 6.42 Å². The van der Waals surface area contributed by atoms with E-state index in [-0.39, 0.29) is 35.4 Å². The molecule has 21 heavy (non-hydrogen) atoms. The van der Waals surface area contributed by atoms with E-state index in [4.69, 9.17) is 5.11 Å². The van der Waals surface area contributed by atoms with Crippen LogP contribution in [-0.2, 0) is 0 Å². The smallest absolute Gasteiger partial charge is 0.337 e. The Bertz CT molecular complexity index is 546. The number of aromatic carboxylic acids is 1. The zero-order valence-corrected chi connectivity index (χ0v) is 11.5. The molecule has 0 amide bonds. The highest BCUT2D eigenvalue weighted by Gasteiger charge is 2.26. The first-order valence-corrected chi connectivity index (χ1v) is 6.89. The van der Waals surface area contributed by atoms with Crippen molar-refractivity contribution >= 4 is 17.3 Å². The molecule has 3 N–H and O–H groups in total. The zero-order chi connectivity index (χ0) is 15.4. The van der Waals surface area contributed by atoms with E-state index in [2.05, 4.69) is 5.32 Å². The third kappa shape index (κ3) is 3.49. The van der Waals surface area contributed by atoms with Gasteiger partial charge < -0.3 is 15.5 Å². The number of hydrogen-bond acceptors (Lipinski definition) is 5. The van der Waals surface area contributed by atoms with Crippen LogP contribution >= 0.6 is 0 Å². The van der Waals surface area contributed by atoms with Gasteiger partial charge in [-0.3, -0.25) is 10.1 Å². The number of aliphatic hydroxyl groups is 1. The summed E-state index contributed by atoms with van der Waals surface area (Å²) >= 11 is 0. The summed E-state index contributed by atoms with van der Waals surface area (Å²) in [7, 11) is 0. The van der Waals surface area contributed by atoms with Crippen molar-refractivity contribution in [2.45, 2.75) is 19.3 Å². The van der Waals surface area contributed by atoms with Gasteiger partial charge >= 0.3 is 5.97 Å². The van der Waals surface area contributed by atoms with Crippen molar-refractivity contribution in [2.24, 2.45) is 11.8 Å². The fourth-order valence-electron chi connectivity index (χ4n) is 2.84. The molecule has 1 aromatic carbocycles. The van der Waals surface area contributed by atoms with E-state index < -0.39 is 10.9 Å². The average molecular weight is 294 g/mol. The number of nitro groups is 1. The minimum Gasteiger partial charge on any atom is -0.478 e. The number of nitrogens with zero attached hydrogens (tertiary/aromatic N) is 1. The summed E-state index contributed by atoms with van der Waals surface area (Å²) in [5.74, 6) is -0.655. The minimum absolute atomic E-state index is 0.0131. The zero-order valence-electron chi connectivity index (χ0n) is 11.5. The van der Waals surface area contributed by atoms with Crippen molar-refractivity contribution in [1.82, 2.24) is 0 Å². The molecule has 2 rings (SSSR count). The summed E-state index contributed by atoms with van der Waals surface area (Å²) in [6.07, 6.45) is 2.97. The van der Waals surface area contributed by atoms with Crippen LogP contribution in [0.1, 0.15) is 29.6 Å². The van der Waals surface area contributed by atoms with Gasteiger partial charge in [0.05, 0.1) is 16.2 Å². The standard InChI is InChI=1S/C14H18N2O5/c17-8-10-3-1-2-9(10)7-15-13-6-11(16(20)21)4-5-12(13)14(18)19/h4-6,9-10,15,17H,1-3,7-8H2,(H,18,19). The van der Waals surface area contributed by atoms with Gasteiger partial charge in [0, 0.05) is 25.3 Å². The normalized spacial score (nSPS) is 21.2. The number of anilines is 1. The van der Waals surface area contributed by atoms with Crippen LogP contribution in [0.3, 0.4) is 0 Å². The highest BCUT2D eigenvalue weighted by atomic mass is 16.6. The molecule has 0 radical (unpaired) electrons. The lowest BCUT2D eigenvalue weighted by Gasteiger charge is -2.19. The number of nitrogens with one attached hydrogen (secondary N) is 1. The van der Waals surface area contributed by atoms with E-state index >= 15 is 0 Å². The largest absolute Gasteiger partial charge is 0.478 e. The predicted molar refractivity (Wildman–Crippen MR) is 76.5 cm³/mol. The lowest BCUT2D eigenvalue weighted by Crippen LogP contribution is -2.21. The lowest BCUT2D eigenvalue weighted by molar-refractivity contribution is -0.384. The number of rotatable bonds is 6. The molecule has 0 aliphatic heterocycles. The third-order valence-corrected chi connectivity index (χ3v) is 4.05. The Balaban J connectivity index is 2.15. The minimum atomic E-state index is -1.13. The van der Waals surface area contributed by atoms with Crippen LogP contribution in [0.25, 0.3) is 0 Å². The number of non-ortho nitro benzene ring substituents is 1. The Morgan fingerprint density at radius 3 is 2.71 bits per heavy atom. The second kappa shape index (κ2) is 6.53. The van der Waals surface area contributed by atoms with Crippen molar-refractivity contribution < 1.29 is 19.9 Å². The molecular formula is C14H18N2O5. The van der Waals surface area contributed by atoms with Crippen molar-refractivity contribution in [3.63, 3.8) is 0 Å². The molecule has 1 aromatic rings. The third-order valence-electron chi connectivity index (χ3n) is 4.05. The number of carboxylic acids is 1. The maximum absolute atomic E-state index is 11.2. The summed E-state index contributed by atoms with van der Waals surface area (Å²) in [4.78, 5) is 21.4. The van der Waals surface area contributed by atoms with Crippen molar-refractivity contribution in [1.29, 1.82) is 0 Å². The SMILES string of the molecule is O=C(O)c1ccc([N+](=O)[O-])cc1NCC1CCCC1CO. The van der Waals surface area contributed by atoms with E-state index in [9.17, 15) is 20.0 Å². The van der Waals surface area contributed by atoms with E-state index in [1.54, 1.807) is 0 Å². The highest BCUT2D eigenvalue weighted by Crippen LogP contribution is 2.32. The molecule has 114 valence electrons. The van der Waals surface area contributed by atoms with Crippen LogP contribution in [-0.4, -0.2) is 34.3 Å². The number of hydrogen-bond donors (Lipinski definition) is 3. The first kappa shape index (κ1) is 15.2. The van der Waals surface area contributed by atoms with Crippen LogP contribution in [0, 0.1) is 22.0 Å². The lowest BCUT2D eigenvalue weighted by atomic mass is 9.97. The van der Waals surface area contributed by atoms with Crippen molar-refractivity contribution in [2.75, 3.05) is 18.5 Å². The van der Waals surface area contributed by atoms with Crippen molar-refractivity contribution in [3.8, 4) is 0 Å². The molecule has 1 aliphatic rings. The van der Waals surface area contributed by atoms with Gasteiger partial charge in [-0.15, -0.1) is 0 Å². The van der Waals surface area contributed by atoms with Gasteiger partial charge in [0.25, 0.3) is 5.69 Å². The quantitative estimate of drug-likeness (QED) is 0.547. The van der Waals surface area contributed by atoms with Gasteiger partial charge in [-0.25, -0.2) is 4.79 Å². The fraction of sp³-hybridized carbons (Fsp3) is 0.500. The highest BCUT2D eigenvalue weighted by molar-refractivity contribution is 5.94. The van der Waals surface area contributed by atoms with Crippen LogP contribution in [0.4, 0.5) is 11.4 Å². The van der Waals surface area contributed by atoms with Crippen LogP contribution < -0.4 is 5.32 Å². The second-order valence-corrected chi connectivity index (χ2v) is 5.31. The number of benzene rings is 1. The Morgan fingerprint density at radius 1 is 1.38 bits per heavy atom. The van der Waals surface area contributed by atoms with E-state index in [1.165, 1.54) is 18.2 Å². The maximum atomic E-state index is 11.2. The van der Waals surface area contributed by atoms with Gasteiger partial charge in [0.15, 0.2) is 0 Å². The summed E-state index contributed by atoms with van der Waals surface area (Å²) < 4.78 is 0. The first-order chi connectivity index (χ1) is 10.0. The molecule has 1 fully saturated rings. The molecule has 7 heteroatoms. The predicted octanol–water partition coefficient (Wildman–Crippen LogP) is 2.11. The Kier molecular flexibility index (Phi) is 4.74. The van der Waals surface area contributed by atoms with E-state index in [0.29, 0.717) is 6.54 Å². The molecule has 0 aromatic heterocycles. The molecule has 0 heterocycles. The fourth-order valence-corrected chi connectivity index (χ4v) is 2.84. The Hall–Kier alpha value is -2.15. The second-order valence-electron chi connectivity index (χ2n) is 5.31. The molecule has 0 bridgehead atoms. The Morgan fingerprint density at radius 2 is 2.10 bits per heavy atom. The van der Waals surface area contributed by atoms with E-state index in [0.717, 1.165) is 19.3 Å². The van der Waals surface area contributed by atoms with Gasteiger partial charge in [0.1, 0.15) is 0 Å². The molecule has 2 atom stereocenters. The number of carboxylic acid groups (broad SMARTS) is 1. The topological polar surface area (TPSA) is 113 Å². The molecule has 0 saturated heterocycles. The number of aliphatic hydroxyl groups excluding tert-OH is 1. The van der Waals surface area contributed by atoms with Gasteiger partial charge in [-0.2, -0.15) is 0 Å². The van der Waals surface area contributed by atoms with E-state index in [1.807, 2.05) is 0 Å². The van der Waals surface area contributed by atoms with Gasteiger partial charge in [0.2, 0.25) is 0 Å². The average Bonchev–Trinajstić information content (AvgIpc) is 2.91. The summed E-state index contributed by atoms with van der Waals surface area (Å²) in [6, 6.07) is 3.66. The number of nitro benzene ring substituents is 1. The molecular weight excluding hydrogens is 276 g/mol. The monoisotopic (exact) mass is 294 g/mol. The van der Waals surface area contributed by atoms with Gasteiger partial charge in [-0.05, 0) is 30.7 Å². The molecule has 2 unspecified atom stereocenters. The molecule has 7 nitrogen and oxygen atoms in total.